The van der Waals surface area contributed by atoms with Gasteiger partial charge in [0.05, 0.1) is 0 Å². The van der Waals surface area contributed by atoms with Crippen molar-refractivity contribution in [2.75, 3.05) is 18.4 Å². The predicted octanol–water partition coefficient (Wildman–Crippen LogP) is 4.15. The van der Waals surface area contributed by atoms with Crippen LogP contribution in [0.1, 0.15) is 24.0 Å². The van der Waals surface area contributed by atoms with Crippen molar-refractivity contribution in [3.63, 3.8) is 0 Å². The minimum Gasteiger partial charge on any atom is -0.438 e. The van der Waals surface area contributed by atoms with Crippen molar-refractivity contribution in [1.82, 2.24) is 9.29 Å². The smallest absolute Gasteiger partial charge is 0.252 e. The fourth-order valence-corrected chi connectivity index (χ4v) is 6.25. The quantitative estimate of drug-likeness (QED) is 0.565. The number of carbonyl (C=O) groups is 1. The first-order valence-corrected chi connectivity index (χ1v) is 12.7. The van der Waals surface area contributed by atoms with Crippen molar-refractivity contribution < 1.29 is 17.9 Å². The van der Waals surface area contributed by atoms with Crippen LogP contribution in [0.5, 0.6) is 11.6 Å². The number of nitriles is 1. The number of carbonyl (C=O) groups excluding carboxylic acids is 1. The van der Waals surface area contributed by atoms with Crippen LogP contribution in [-0.2, 0) is 14.8 Å². The molecule has 1 fully saturated rings. The van der Waals surface area contributed by atoms with Gasteiger partial charge in [0.2, 0.25) is 11.8 Å². The number of nitrogens with one attached hydrogen (secondary N) is 1. The molecule has 0 bridgehead atoms. The molecule has 0 unspecified atom stereocenters. The average Bonchev–Trinajstić information content (AvgIpc) is 3.37. The van der Waals surface area contributed by atoms with Crippen LogP contribution in [0.2, 0.25) is 0 Å². The molecule has 3 aromatic rings. The second-order valence-electron chi connectivity index (χ2n) is 7.65. The van der Waals surface area contributed by atoms with E-state index in [9.17, 15) is 18.5 Å². The highest BCUT2D eigenvalue weighted by atomic mass is 32.2. The van der Waals surface area contributed by atoms with E-state index in [2.05, 4.69) is 10.3 Å². The Morgan fingerprint density at radius 1 is 1.24 bits per heavy atom. The van der Waals surface area contributed by atoms with Crippen LogP contribution in [0.15, 0.2) is 58.3 Å². The molecule has 1 saturated heterocycles. The first kappa shape index (κ1) is 22.9. The third-order valence-electron chi connectivity index (χ3n) is 5.48. The number of piperidine rings is 1. The minimum atomic E-state index is -3.49. The number of aromatic nitrogens is 1. The predicted molar refractivity (Wildman–Crippen MR) is 125 cm³/mol. The van der Waals surface area contributed by atoms with Crippen molar-refractivity contribution in [2.45, 2.75) is 24.0 Å². The number of hydrogen-bond acceptors (Lipinski definition) is 7. The highest BCUT2D eigenvalue weighted by Crippen LogP contribution is 2.29. The molecule has 10 heteroatoms. The summed E-state index contributed by atoms with van der Waals surface area (Å²) in [6.45, 7) is 2.48. The van der Waals surface area contributed by atoms with Gasteiger partial charge in [0.15, 0.2) is 0 Å². The van der Waals surface area contributed by atoms with E-state index < -0.39 is 10.0 Å². The molecule has 0 saturated carbocycles. The number of sulfonamides is 1. The monoisotopic (exact) mass is 482 g/mol. The van der Waals surface area contributed by atoms with E-state index in [0.717, 1.165) is 5.56 Å². The van der Waals surface area contributed by atoms with Crippen LogP contribution in [0.25, 0.3) is 0 Å². The van der Waals surface area contributed by atoms with E-state index in [1.165, 1.54) is 15.6 Å². The molecule has 3 heterocycles. The molecule has 4 rings (SSSR count). The first-order valence-electron chi connectivity index (χ1n) is 10.4. The molecule has 1 aliphatic heterocycles. The van der Waals surface area contributed by atoms with E-state index in [0.29, 0.717) is 47.1 Å². The number of benzene rings is 1. The Balaban J connectivity index is 1.37. The fraction of sp³-hybridized carbons (Fsp3) is 0.261. The molecule has 1 aliphatic rings. The molecule has 0 spiro atoms. The maximum Gasteiger partial charge on any atom is 0.252 e. The third kappa shape index (κ3) is 5.06. The van der Waals surface area contributed by atoms with Crippen LogP contribution in [0.3, 0.4) is 0 Å². The first-order chi connectivity index (χ1) is 15.9. The van der Waals surface area contributed by atoms with E-state index in [1.54, 1.807) is 54.0 Å². The number of ether oxygens (including phenoxy) is 1. The summed E-state index contributed by atoms with van der Waals surface area (Å²) in [5, 5.41) is 13.9. The lowest BCUT2D eigenvalue weighted by Gasteiger charge is -2.30. The summed E-state index contributed by atoms with van der Waals surface area (Å²) in [4.78, 5) is 16.9. The molecule has 0 aliphatic carbocycles. The number of aryl methyl sites for hydroxylation is 1. The average molecular weight is 483 g/mol. The molecule has 1 N–H and O–H groups in total. The van der Waals surface area contributed by atoms with Gasteiger partial charge in [0.25, 0.3) is 10.0 Å². The van der Waals surface area contributed by atoms with Gasteiger partial charge in [-0.2, -0.15) is 9.57 Å². The number of nitrogens with zero attached hydrogens (tertiary/aromatic N) is 3. The van der Waals surface area contributed by atoms with Gasteiger partial charge >= 0.3 is 0 Å². The molecular formula is C23H22N4O4S2. The number of anilines is 1. The fourth-order valence-electron chi connectivity index (χ4n) is 3.64. The van der Waals surface area contributed by atoms with E-state index in [4.69, 9.17) is 4.74 Å². The highest BCUT2D eigenvalue weighted by molar-refractivity contribution is 7.91. The minimum absolute atomic E-state index is 0.128. The summed E-state index contributed by atoms with van der Waals surface area (Å²) >= 11 is 1.20. The van der Waals surface area contributed by atoms with E-state index >= 15 is 0 Å². The van der Waals surface area contributed by atoms with Gasteiger partial charge in [-0.25, -0.2) is 13.4 Å². The molecule has 33 heavy (non-hydrogen) atoms. The summed E-state index contributed by atoms with van der Waals surface area (Å²) < 4.78 is 32.8. The molecule has 1 aromatic carbocycles. The molecule has 0 radical (unpaired) electrons. The van der Waals surface area contributed by atoms with Crippen molar-refractivity contribution in [3.05, 3.63) is 65.2 Å². The normalized spacial score (nSPS) is 15.0. The summed E-state index contributed by atoms with van der Waals surface area (Å²) in [7, 11) is -3.49. The second kappa shape index (κ2) is 9.70. The summed E-state index contributed by atoms with van der Waals surface area (Å²) in [6, 6.07) is 13.9. The van der Waals surface area contributed by atoms with Crippen LogP contribution in [-0.4, -0.2) is 36.7 Å². The van der Waals surface area contributed by atoms with Crippen LogP contribution < -0.4 is 10.1 Å². The second-order valence-corrected chi connectivity index (χ2v) is 10.8. The summed E-state index contributed by atoms with van der Waals surface area (Å²) in [5.41, 5.74) is 1.79. The Labute approximate surface area is 196 Å². The maximum absolute atomic E-state index is 12.8. The van der Waals surface area contributed by atoms with Gasteiger partial charge in [-0.05, 0) is 67.1 Å². The Kier molecular flexibility index (Phi) is 6.74. The van der Waals surface area contributed by atoms with Gasteiger partial charge in [-0.3, -0.25) is 4.79 Å². The van der Waals surface area contributed by atoms with Crippen molar-refractivity contribution in [2.24, 2.45) is 5.92 Å². The summed E-state index contributed by atoms with van der Waals surface area (Å²) in [6.07, 6.45) is 2.48. The van der Waals surface area contributed by atoms with Gasteiger partial charge < -0.3 is 10.1 Å². The van der Waals surface area contributed by atoms with Gasteiger partial charge in [0.1, 0.15) is 21.6 Å². The van der Waals surface area contributed by atoms with Gasteiger partial charge in [0, 0.05) is 30.9 Å². The number of amides is 1. The van der Waals surface area contributed by atoms with E-state index in [-0.39, 0.29) is 17.7 Å². The Morgan fingerprint density at radius 3 is 2.70 bits per heavy atom. The molecule has 170 valence electrons. The van der Waals surface area contributed by atoms with Gasteiger partial charge in [-0.15, -0.1) is 11.3 Å². The molecule has 2 aromatic heterocycles. The molecule has 1 amide bonds. The number of pyridine rings is 1. The van der Waals surface area contributed by atoms with Crippen molar-refractivity contribution in [1.29, 1.82) is 5.26 Å². The zero-order chi connectivity index (χ0) is 23.4. The Hall–Kier alpha value is -3.26. The number of rotatable bonds is 6. The number of hydrogen-bond donors (Lipinski definition) is 1. The number of thiophene rings is 1. The summed E-state index contributed by atoms with van der Waals surface area (Å²) in [5.74, 6) is 0.339. The van der Waals surface area contributed by atoms with Crippen molar-refractivity contribution >= 4 is 33.0 Å². The topological polar surface area (TPSA) is 112 Å². The van der Waals surface area contributed by atoms with Crippen molar-refractivity contribution in [3.8, 4) is 17.7 Å². The zero-order valence-corrected chi connectivity index (χ0v) is 19.5. The SMILES string of the molecule is Cc1cc(Oc2ncccc2C#N)ccc1NC(=O)C1CCN(S(=O)(=O)c2cccs2)CC1. The molecule has 8 nitrogen and oxygen atoms in total. The van der Waals surface area contributed by atoms with Crippen LogP contribution in [0, 0.1) is 24.2 Å². The largest absolute Gasteiger partial charge is 0.438 e. The molecule has 0 atom stereocenters. The van der Waals surface area contributed by atoms with E-state index in [1.807, 2.05) is 13.0 Å². The van der Waals surface area contributed by atoms with Gasteiger partial charge in [-0.1, -0.05) is 6.07 Å². The zero-order valence-electron chi connectivity index (χ0n) is 17.9. The molecular weight excluding hydrogens is 460 g/mol. The lowest BCUT2D eigenvalue weighted by Crippen LogP contribution is -2.41. The lowest BCUT2D eigenvalue weighted by atomic mass is 9.97. The Morgan fingerprint density at radius 2 is 2.03 bits per heavy atom. The highest BCUT2D eigenvalue weighted by Gasteiger charge is 2.32. The maximum atomic E-state index is 12.8. The standard InChI is InChI=1S/C23H22N4O4S2/c1-16-14-19(31-23-18(15-24)4-2-10-25-23)6-7-20(16)26-22(28)17-8-11-27(12-9-17)33(29,30)21-5-3-13-32-21/h2-7,10,13-14,17H,8-9,11-12H2,1H3,(H,26,28). The third-order valence-corrected chi connectivity index (χ3v) is 8.75. The van der Waals surface area contributed by atoms with Crippen LogP contribution in [0.4, 0.5) is 5.69 Å². The lowest BCUT2D eigenvalue weighted by molar-refractivity contribution is -0.120. The Bertz CT molecular complexity index is 1290. The van der Waals surface area contributed by atoms with Crippen LogP contribution >= 0.6 is 11.3 Å².